The summed E-state index contributed by atoms with van der Waals surface area (Å²) in [5, 5.41) is 21.6. The smallest absolute Gasteiger partial charge is 0.236 e. The molecule has 42 heavy (non-hydrogen) atoms. The SMILES string of the molecule is CCCCCCCCCCCCCCCCN(CCCCCCCCCCCCCCCC)C(=O)CNCC(O)CO. The van der Waals surface area contributed by atoms with E-state index >= 15 is 0 Å². The first-order valence-electron chi connectivity index (χ1n) is 18.9. The molecule has 5 heteroatoms. The molecule has 0 saturated heterocycles. The van der Waals surface area contributed by atoms with Crippen LogP contribution in [0.25, 0.3) is 0 Å². The van der Waals surface area contributed by atoms with Crippen LogP contribution < -0.4 is 5.32 Å². The number of aliphatic hydroxyl groups excluding tert-OH is 2. The van der Waals surface area contributed by atoms with Crippen LogP contribution in [0.3, 0.4) is 0 Å². The molecule has 1 unspecified atom stereocenters. The summed E-state index contributed by atoms with van der Waals surface area (Å²) >= 11 is 0. The highest BCUT2D eigenvalue weighted by atomic mass is 16.3. The van der Waals surface area contributed by atoms with Crippen molar-refractivity contribution in [1.29, 1.82) is 0 Å². The van der Waals surface area contributed by atoms with E-state index in [4.69, 9.17) is 5.11 Å². The van der Waals surface area contributed by atoms with Gasteiger partial charge in [-0.15, -0.1) is 0 Å². The summed E-state index contributed by atoms with van der Waals surface area (Å²) in [4.78, 5) is 14.9. The number of nitrogens with zero attached hydrogens (tertiary/aromatic N) is 1. The number of amides is 1. The highest BCUT2D eigenvalue weighted by molar-refractivity contribution is 5.78. The minimum absolute atomic E-state index is 0.129. The van der Waals surface area contributed by atoms with Crippen LogP contribution in [0.15, 0.2) is 0 Å². The number of carbonyl (C=O) groups is 1. The first kappa shape index (κ1) is 41.4. The molecule has 1 amide bonds. The third-order valence-electron chi connectivity index (χ3n) is 8.78. The van der Waals surface area contributed by atoms with Crippen LogP contribution in [0, 0.1) is 0 Å². The van der Waals surface area contributed by atoms with Crippen molar-refractivity contribution in [2.45, 2.75) is 200 Å². The van der Waals surface area contributed by atoms with E-state index in [1.54, 1.807) is 0 Å². The highest BCUT2D eigenvalue weighted by Crippen LogP contribution is 2.15. The molecule has 0 aliphatic heterocycles. The van der Waals surface area contributed by atoms with Gasteiger partial charge in [0.25, 0.3) is 0 Å². The van der Waals surface area contributed by atoms with Crippen molar-refractivity contribution in [3.8, 4) is 0 Å². The average molecular weight is 597 g/mol. The molecule has 0 aromatic carbocycles. The maximum atomic E-state index is 12.9. The van der Waals surface area contributed by atoms with Gasteiger partial charge in [0.2, 0.25) is 5.91 Å². The van der Waals surface area contributed by atoms with Crippen LogP contribution in [-0.2, 0) is 4.79 Å². The van der Waals surface area contributed by atoms with Crippen molar-refractivity contribution in [3.05, 3.63) is 0 Å². The van der Waals surface area contributed by atoms with E-state index in [-0.39, 0.29) is 25.6 Å². The van der Waals surface area contributed by atoms with Gasteiger partial charge < -0.3 is 20.4 Å². The van der Waals surface area contributed by atoms with Gasteiger partial charge in [0.1, 0.15) is 0 Å². The second kappa shape index (κ2) is 34.8. The molecule has 0 aliphatic carbocycles. The van der Waals surface area contributed by atoms with Crippen LogP contribution in [0.2, 0.25) is 0 Å². The number of hydrogen-bond donors (Lipinski definition) is 3. The van der Waals surface area contributed by atoms with Gasteiger partial charge in [-0.1, -0.05) is 181 Å². The van der Waals surface area contributed by atoms with Gasteiger partial charge in [0.15, 0.2) is 0 Å². The number of hydrogen-bond acceptors (Lipinski definition) is 4. The number of aliphatic hydroxyl groups is 2. The molecular weight excluding hydrogens is 520 g/mol. The van der Waals surface area contributed by atoms with Crippen LogP contribution >= 0.6 is 0 Å². The summed E-state index contributed by atoms with van der Waals surface area (Å²) in [6.45, 7) is 6.48. The minimum Gasteiger partial charge on any atom is -0.394 e. The lowest BCUT2D eigenvalue weighted by Crippen LogP contribution is -2.41. The number of rotatable bonds is 35. The van der Waals surface area contributed by atoms with Crippen molar-refractivity contribution in [2.24, 2.45) is 0 Å². The van der Waals surface area contributed by atoms with Gasteiger partial charge in [0, 0.05) is 19.6 Å². The van der Waals surface area contributed by atoms with Gasteiger partial charge >= 0.3 is 0 Å². The van der Waals surface area contributed by atoms with Crippen molar-refractivity contribution in [2.75, 3.05) is 32.8 Å². The van der Waals surface area contributed by atoms with Crippen LogP contribution in [0.4, 0.5) is 0 Å². The predicted molar refractivity (Wildman–Crippen MR) is 183 cm³/mol. The molecule has 0 aromatic heterocycles. The Labute approximate surface area is 263 Å². The molecule has 0 heterocycles. The van der Waals surface area contributed by atoms with E-state index in [9.17, 15) is 9.90 Å². The molecule has 0 aliphatic rings. The van der Waals surface area contributed by atoms with Crippen molar-refractivity contribution >= 4 is 5.91 Å². The van der Waals surface area contributed by atoms with Crippen LogP contribution in [0.5, 0.6) is 0 Å². The summed E-state index contributed by atoms with van der Waals surface area (Å²) in [5.41, 5.74) is 0. The fraction of sp³-hybridized carbons (Fsp3) is 0.973. The van der Waals surface area contributed by atoms with Crippen molar-refractivity contribution in [1.82, 2.24) is 10.2 Å². The first-order valence-corrected chi connectivity index (χ1v) is 18.9. The van der Waals surface area contributed by atoms with E-state index in [0.717, 1.165) is 25.9 Å². The molecule has 3 N–H and O–H groups in total. The fourth-order valence-corrected chi connectivity index (χ4v) is 5.88. The molecule has 252 valence electrons. The Morgan fingerprint density at radius 2 is 0.810 bits per heavy atom. The largest absolute Gasteiger partial charge is 0.394 e. The second-order valence-corrected chi connectivity index (χ2v) is 13.0. The molecule has 0 aromatic rings. The Morgan fingerprint density at radius 1 is 0.524 bits per heavy atom. The maximum Gasteiger partial charge on any atom is 0.236 e. The van der Waals surface area contributed by atoms with E-state index in [0.29, 0.717) is 0 Å². The van der Waals surface area contributed by atoms with Crippen molar-refractivity contribution in [3.63, 3.8) is 0 Å². The molecule has 0 saturated carbocycles. The number of carbonyl (C=O) groups excluding carboxylic acids is 1. The first-order chi connectivity index (χ1) is 20.7. The zero-order valence-electron chi connectivity index (χ0n) is 28.7. The molecule has 0 rings (SSSR count). The summed E-state index contributed by atoms with van der Waals surface area (Å²) < 4.78 is 0. The summed E-state index contributed by atoms with van der Waals surface area (Å²) in [6, 6.07) is 0. The highest BCUT2D eigenvalue weighted by Gasteiger charge is 2.13. The zero-order chi connectivity index (χ0) is 30.8. The Hall–Kier alpha value is -0.650. The van der Waals surface area contributed by atoms with Gasteiger partial charge in [-0.25, -0.2) is 0 Å². The summed E-state index contributed by atoms with van der Waals surface area (Å²) in [6.07, 6.45) is 36.9. The van der Waals surface area contributed by atoms with Gasteiger partial charge in [-0.2, -0.15) is 0 Å². The molecule has 5 nitrogen and oxygen atoms in total. The third-order valence-corrected chi connectivity index (χ3v) is 8.78. The summed E-state index contributed by atoms with van der Waals surface area (Å²) in [5.74, 6) is 0.129. The minimum atomic E-state index is -0.803. The van der Waals surface area contributed by atoms with E-state index in [1.165, 1.54) is 167 Å². The number of nitrogens with one attached hydrogen (secondary N) is 1. The van der Waals surface area contributed by atoms with Gasteiger partial charge in [-0.05, 0) is 12.8 Å². The predicted octanol–water partition coefficient (Wildman–Crippen LogP) is 9.72. The standard InChI is InChI=1S/C37H76N2O3/c1-3-5-7-9-11-13-15-17-19-21-23-25-27-29-31-39(37(42)34-38-33-36(41)35-40)32-30-28-26-24-22-20-18-16-14-12-10-8-6-4-2/h36,38,40-41H,3-35H2,1-2H3. The molecule has 0 spiro atoms. The molecule has 0 bridgehead atoms. The Bertz CT molecular complexity index is 499. The molecular formula is C37H76N2O3. The average Bonchev–Trinajstić information content (AvgIpc) is 3.00. The molecule has 0 fully saturated rings. The Morgan fingerprint density at radius 3 is 1.10 bits per heavy atom. The second-order valence-electron chi connectivity index (χ2n) is 13.0. The zero-order valence-corrected chi connectivity index (χ0v) is 28.7. The topological polar surface area (TPSA) is 72.8 Å². The van der Waals surface area contributed by atoms with Gasteiger partial charge in [0.05, 0.1) is 19.3 Å². The lowest BCUT2D eigenvalue weighted by atomic mass is 10.0. The van der Waals surface area contributed by atoms with Crippen molar-refractivity contribution < 1.29 is 15.0 Å². The Balaban J connectivity index is 3.93. The van der Waals surface area contributed by atoms with E-state index < -0.39 is 6.10 Å². The van der Waals surface area contributed by atoms with Crippen LogP contribution in [0.1, 0.15) is 194 Å². The quantitative estimate of drug-likeness (QED) is 0.0637. The monoisotopic (exact) mass is 597 g/mol. The van der Waals surface area contributed by atoms with E-state index in [2.05, 4.69) is 19.2 Å². The normalized spacial score (nSPS) is 12.2. The molecule has 0 radical (unpaired) electrons. The third kappa shape index (κ3) is 30.8. The lowest BCUT2D eigenvalue weighted by molar-refractivity contribution is -0.130. The molecule has 1 atom stereocenters. The Kier molecular flexibility index (Phi) is 34.3. The van der Waals surface area contributed by atoms with Gasteiger partial charge in [-0.3, -0.25) is 4.79 Å². The number of unbranched alkanes of at least 4 members (excludes halogenated alkanes) is 26. The summed E-state index contributed by atoms with van der Waals surface area (Å²) in [7, 11) is 0. The maximum absolute atomic E-state index is 12.9. The lowest BCUT2D eigenvalue weighted by Gasteiger charge is -2.23. The van der Waals surface area contributed by atoms with Crippen LogP contribution in [-0.4, -0.2) is 59.9 Å². The van der Waals surface area contributed by atoms with E-state index in [1.807, 2.05) is 4.90 Å². The fourth-order valence-electron chi connectivity index (χ4n) is 5.88.